The first-order chi connectivity index (χ1) is 11.6. The normalized spacial score (nSPS) is 10.3. The van der Waals surface area contributed by atoms with E-state index in [4.69, 9.17) is 0 Å². The number of hydrogen-bond acceptors (Lipinski definition) is 7. The Bertz CT molecular complexity index is 779. The van der Waals surface area contributed by atoms with Crippen molar-refractivity contribution in [2.75, 3.05) is 0 Å². The second-order valence-corrected chi connectivity index (χ2v) is 7.57. The Kier molecular flexibility index (Phi) is 10.5. The third kappa shape index (κ3) is 15.2. The molecule has 136 valence electrons. The minimum absolute atomic E-state index is 1.05. The van der Waals surface area contributed by atoms with Crippen LogP contribution < -0.4 is 18.3 Å². The van der Waals surface area contributed by atoms with E-state index in [-0.39, 0.29) is 0 Å². The Morgan fingerprint density at radius 1 is 0.800 bits per heavy atom. The van der Waals surface area contributed by atoms with Crippen LogP contribution >= 0.6 is 0 Å². The summed E-state index contributed by atoms with van der Waals surface area (Å²) < 4.78 is 58.9. The van der Waals surface area contributed by atoms with Gasteiger partial charge in [-0.1, -0.05) is 13.2 Å². The van der Waals surface area contributed by atoms with Crippen molar-refractivity contribution in [1.82, 2.24) is 0 Å². The van der Waals surface area contributed by atoms with E-state index in [2.05, 4.69) is 26.0 Å². The first-order valence-corrected chi connectivity index (χ1v) is 10.5. The molecule has 9 nitrogen and oxygen atoms in total. The summed E-state index contributed by atoms with van der Waals surface area (Å²) in [5.74, 6) is 0. The molecular formula is C14H16Cr2N2O7. The van der Waals surface area contributed by atoms with E-state index in [9.17, 15) is 23.5 Å². The molecule has 0 spiro atoms. The van der Waals surface area contributed by atoms with Crippen molar-refractivity contribution in [3.05, 3.63) is 73.3 Å². The van der Waals surface area contributed by atoms with Gasteiger partial charge in [-0.2, -0.15) is 0 Å². The van der Waals surface area contributed by atoms with Gasteiger partial charge in [0, 0.05) is 36.4 Å². The van der Waals surface area contributed by atoms with E-state index >= 15 is 0 Å². The van der Waals surface area contributed by atoms with E-state index in [1.807, 2.05) is 48.8 Å². The number of H-pyrrole nitrogens is 2. The van der Waals surface area contributed by atoms with E-state index in [0.717, 1.165) is 11.4 Å². The number of pyridine rings is 2. The van der Waals surface area contributed by atoms with Crippen LogP contribution in [0, 0.1) is 0 Å². The van der Waals surface area contributed by atoms with Crippen molar-refractivity contribution >= 4 is 12.2 Å². The minimum atomic E-state index is -6.07. The average molecular weight is 428 g/mol. The molecule has 0 saturated heterocycles. The monoisotopic (exact) mass is 428 g/mol. The Hall–Kier alpha value is -2.08. The Morgan fingerprint density at radius 3 is 1.28 bits per heavy atom. The topological polar surface area (TPSA) is 152 Å². The summed E-state index contributed by atoms with van der Waals surface area (Å²) in [5.41, 5.74) is 2.10. The second kappa shape index (κ2) is 11.5. The molecule has 25 heavy (non-hydrogen) atoms. The third-order valence-corrected chi connectivity index (χ3v) is 4.74. The summed E-state index contributed by atoms with van der Waals surface area (Å²) in [6, 6.07) is 11.7. The van der Waals surface area contributed by atoms with Gasteiger partial charge >= 0.3 is 53.6 Å². The summed E-state index contributed by atoms with van der Waals surface area (Å²) in [7, 11) is 0. The maximum atomic E-state index is 9.38. The summed E-state index contributed by atoms with van der Waals surface area (Å²) in [5, 5.41) is 0. The van der Waals surface area contributed by atoms with Crippen LogP contribution in [0.5, 0.6) is 0 Å². The second-order valence-electron chi connectivity index (χ2n) is 3.93. The van der Waals surface area contributed by atoms with Crippen LogP contribution in [0.1, 0.15) is 11.4 Å². The number of hydrogen-bond donors (Lipinski definition) is 0. The summed E-state index contributed by atoms with van der Waals surface area (Å²) in [4.78, 5) is 6.00. The molecule has 0 aliphatic carbocycles. The molecule has 0 aliphatic heterocycles. The summed E-state index contributed by atoms with van der Waals surface area (Å²) >= 11 is -12.1. The quantitative estimate of drug-likeness (QED) is 0.628. The summed E-state index contributed by atoms with van der Waals surface area (Å²) in [6.07, 6.45) is 7.30. The molecule has 0 fully saturated rings. The molecule has 0 aliphatic rings. The molecule has 2 rings (SSSR count). The molecule has 11 heteroatoms. The van der Waals surface area contributed by atoms with Crippen molar-refractivity contribution in [1.29, 1.82) is 0 Å². The molecular weight excluding hydrogens is 412 g/mol. The molecule has 0 unspecified atom stereocenters. The number of aromatic amines is 2. The Morgan fingerprint density at radius 2 is 1.16 bits per heavy atom. The van der Waals surface area contributed by atoms with Crippen molar-refractivity contribution in [2.24, 2.45) is 0 Å². The third-order valence-electron chi connectivity index (χ3n) is 2.07. The van der Waals surface area contributed by atoms with E-state index in [0.29, 0.717) is 0 Å². The van der Waals surface area contributed by atoms with Gasteiger partial charge in [0.2, 0.25) is 11.4 Å². The van der Waals surface area contributed by atoms with Crippen molar-refractivity contribution in [3.8, 4) is 0 Å². The van der Waals surface area contributed by atoms with Crippen molar-refractivity contribution in [3.63, 3.8) is 0 Å². The van der Waals surface area contributed by atoms with Gasteiger partial charge < -0.3 is 0 Å². The van der Waals surface area contributed by atoms with Gasteiger partial charge in [0.05, 0.1) is 0 Å². The van der Waals surface area contributed by atoms with Crippen LogP contribution in [-0.2, 0) is 45.3 Å². The molecule has 0 bridgehead atoms. The standard InChI is InChI=1S/2C7H7N.2Cr.7O/c2*1-2-7-5-3-4-6-8-7;;;;;;;;;/h2*2-6H,1H2;;;;;;;;;/q;;;;;;;;;2*-1/p+2. The van der Waals surface area contributed by atoms with Crippen molar-refractivity contribution in [2.45, 2.75) is 0 Å². The number of aromatic nitrogens is 2. The molecule has 0 atom stereocenters. The molecule has 2 aromatic heterocycles. The zero-order chi connectivity index (χ0) is 19.3. The first-order valence-electron chi connectivity index (χ1n) is 6.38. The van der Waals surface area contributed by atoms with Crippen molar-refractivity contribution < 1.29 is 63.6 Å². The van der Waals surface area contributed by atoms with Gasteiger partial charge in [-0.25, -0.2) is 9.97 Å². The van der Waals surface area contributed by atoms with Gasteiger partial charge in [0.25, 0.3) is 0 Å². The molecule has 0 amide bonds. The Balaban J connectivity index is 0.000000346. The SMILES string of the molecule is C=Cc1cccc[nH+]1.C=Cc1cccc[nH+]1.[O]=[Cr](=[O])([O-])[O][Cr](=[O])(=[O])[O-]. The molecule has 2 N–H and O–H groups in total. The predicted octanol–water partition coefficient (Wildman–Crippen LogP) is -0.639. The van der Waals surface area contributed by atoms with Crippen LogP contribution in [0.2, 0.25) is 0 Å². The fourth-order valence-electron chi connectivity index (χ4n) is 1.17. The number of nitrogens with one attached hydrogen (secondary N) is 2. The van der Waals surface area contributed by atoms with Gasteiger partial charge in [-0.3, -0.25) is 0 Å². The van der Waals surface area contributed by atoms with Crippen LogP contribution in [0.3, 0.4) is 0 Å². The zero-order valence-corrected chi connectivity index (χ0v) is 15.4. The van der Waals surface area contributed by atoms with Crippen LogP contribution in [0.25, 0.3) is 12.2 Å². The molecule has 2 aromatic rings. The predicted molar refractivity (Wildman–Crippen MR) is 70.0 cm³/mol. The fraction of sp³-hybridized carbons (Fsp3) is 0. The average Bonchev–Trinajstić information content (AvgIpc) is 2.54. The molecule has 0 radical (unpaired) electrons. The molecule has 0 aromatic carbocycles. The number of rotatable bonds is 4. The van der Waals surface area contributed by atoms with Gasteiger partial charge in [-0.15, -0.1) is 0 Å². The molecule has 0 saturated carbocycles. The van der Waals surface area contributed by atoms with E-state index in [1.165, 1.54) is 0 Å². The van der Waals surface area contributed by atoms with Gasteiger partial charge in [0.15, 0.2) is 12.4 Å². The zero-order valence-electron chi connectivity index (χ0n) is 12.9. The van der Waals surface area contributed by atoms with Crippen LogP contribution in [0.15, 0.2) is 61.9 Å². The molecule has 2 heterocycles. The van der Waals surface area contributed by atoms with Gasteiger partial charge in [-0.05, 0) is 12.1 Å². The van der Waals surface area contributed by atoms with E-state index < -0.39 is 27.2 Å². The fourth-order valence-corrected chi connectivity index (χ4v) is 2.80. The maximum absolute atomic E-state index is 9.38. The van der Waals surface area contributed by atoms with Crippen LogP contribution in [0.4, 0.5) is 0 Å². The van der Waals surface area contributed by atoms with Crippen LogP contribution in [-0.4, -0.2) is 0 Å². The first kappa shape index (κ1) is 22.9. The van der Waals surface area contributed by atoms with Gasteiger partial charge in [0.1, 0.15) is 0 Å². The Labute approximate surface area is 149 Å². The summed E-state index contributed by atoms with van der Waals surface area (Å²) in [6.45, 7) is 7.20. The van der Waals surface area contributed by atoms with E-state index in [1.54, 1.807) is 12.2 Å².